The molecule has 4 heteroatoms. The van der Waals surface area contributed by atoms with E-state index in [-0.39, 0.29) is 10.8 Å². The predicted octanol–water partition coefficient (Wildman–Crippen LogP) is 6.63. The molecule has 0 radical (unpaired) electrons. The van der Waals surface area contributed by atoms with E-state index in [0.29, 0.717) is 0 Å². The van der Waals surface area contributed by atoms with Gasteiger partial charge in [0.25, 0.3) is 0 Å². The van der Waals surface area contributed by atoms with Gasteiger partial charge in [-0.2, -0.15) is 0 Å². The third kappa shape index (κ3) is 6.33. The Balaban J connectivity index is 1.39. The minimum absolute atomic E-state index is 0.371. The van der Waals surface area contributed by atoms with Crippen LogP contribution in [-0.4, -0.2) is 22.2 Å². The van der Waals surface area contributed by atoms with Gasteiger partial charge in [-0.25, -0.2) is 0 Å². The first-order chi connectivity index (χ1) is 14.8. The number of carboxylic acid groups (broad SMARTS) is 2. The van der Waals surface area contributed by atoms with Crippen molar-refractivity contribution in [3.05, 3.63) is 34.4 Å². The summed E-state index contributed by atoms with van der Waals surface area (Å²) in [6, 6.07) is 4.62. The van der Waals surface area contributed by atoms with Crippen molar-refractivity contribution in [2.24, 2.45) is 10.8 Å². The Labute approximate surface area is 187 Å². The van der Waals surface area contributed by atoms with E-state index < -0.39 is 11.9 Å². The van der Waals surface area contributed by atoms with Gasteiger partial charge >= 0.3 is 11.9 Å². The van der Waals surface area contributed by atoms with E-state index in [2.05, 4.69) is 26.0 Å². The number of unbranched alkanes of at least 4 members (excludes halogenated alkanes) is 5. The summed E-state index contributed by atoms with van der Waals surface area (Å²) in [7, 11) is 0. The van der Waals surface area contributed by atoms with Crippen molar-refractivity contribution < 1.29 is 19.8 Å². The highest BCUT2D eigenvalue weighted by molar-refractivity contribution is 5.78. The van der Waals surface area contributed by atoms with Crippen molar-refractivity contribution >= 4 is 11.9 Å². The van der Waals surface area contributed by atoms with E-state index >= 15 is 0 Å². The maximum Gasteiger partial charge on any atom is 0.309 e. The highest BCUT2D eigenvalue weighted by Crippen LogP contribution is 2.50. The molecule has 31 heavy (non-hydrogen) atoms. The zero-order valence-electron chi connectivity index (χ0n) is 19.5. The van der Waals surface area contributed by atoms with Crippen LogP contribution in [0.2, 0.25) is 0 Å². The molecular weight excluding hydrogens is 388 g/mol. The summed E-state index contributed by atoms with van der Waals surface area (Å²) in [4.78, 5) is 22.6. The highest BCUT2D eigenvalue weighted by atomic mass is 16.4. The molecule has 0 aliphatic heterocycles. The van der Waals surface area contributed by atoms with Crippen LogP contribution >= 0.6 is 0 Å². The van der Waals surface area contributed by atoms with E-state index in [1.165, 1.54) is 28.7 Å². The number of carboxylic acids is 2. The third-order valence-corrected chi connectivity index (χ3v) is 7.76. The Morgan fingerprint density at radius 2 is 1.23 bits per heavy atom. The molecule has 1 aromatic carbocycles. The molecule has 2 N–H and O–H groups in total. The number of rotatable bonds is 15. The number of hydrogen-bond acceptors (Lipinski definition) is 2. The predicted molar refractivity (Wildman–Crippen MR) is 123 cm³/mol. The maximum atomic E-state index is 11.3. The fourth-order valence-corrected chi connectivity index (χ4v) is 5.18. The number of aryl methyl sites for hydroxylation is 3. The van der Waals surface area contributed by atoms with Crippen LogP contribution in [0.25, 0.3) is 0 Å². The van der Waals surface area contributed by atoms with Crippen molar-refractivity contribution in [3.8, 4) is 0 Å². The average Bonchev–Trinajstić information content (AvgIpc) is 3.61. The summed E-state index contributed by atoms with van der Waals surface area (Å²) in [6.07, 6.45) is 15.1. The lowest BCUT2D eigenvalue weighted by Crippen LogP contribution is -2.14. The molecule has 2 fully saturated rings. The molecule has 0 saturated heterocycles. The molecule has 2 aliphatic carbocycles. The highest BCUT2D eigenvalue weighted by Gasteiger charge is 2.49. The summed E-state index contributed by atoms with van der Waals surface area (Å²) in [6.45, 7) is 4.39. The monoisotopic (exact) mass is 428 g/mol. The smallest absolute Gasteiger partial charge is 0.309 e. The lowest BCUT2D eigenvalue weighted by Gasteiger charge is -2.15. The second kappa shape index (κ2) is 10.2. The largest absolute Gasteiger partial charge is 0.481 e. The quantitative estimate of drug-likeness (QED) is 0.307. The molecule has 2 saturated carbocycles. The van der Waals surface area contributed by atoms with E-state index in [0.717, 1.165) is 89.9 Å². The molecule has 3 rings (SSSR count). The van der Waals surface area contributed by atoms with Gasteiger partial charge in [-0.15, -0.1) is 0 Å². The zero-order valence-corrected chi connectivity index (χ0v) is 19.5. The van der Waals surface area contributed by atoms with Crippen molar-refractivity contribution in [1.29, 1.82) is 0 Å². The van der Waals surface area contributed by atoms with Crippen LogP contribution in [0.4, 0.5) is 0 Å². The number of aliphatic carboxylic acids is 2. The molecule has 0 amide bonds. The van der Waals surface area contributed by atoms with Gasteiger partial charge in [0.1, 0.15) is 0 Å². The minimum atomic E-state index is -0.598. The van der Waals surface area contributed by atoms with Crippen molar-refractivity contribution in [3.63, 3.8) is 0 Å². The van der Waals surface area contributed by atoms with E-state index in [9.17, 15) is 19.8 Å². The van der Waals surface area contributed by atoms with Gasteiger partial charge in [0.2, 0.25) is 0 Å². The summed E-state index contributed by atoms with van der Waals surface area (Å²) in [5, 5.41) is 18.6. The van der Waals surface area contributed by atoms with E-state index in [1.54, 1.807) is 0 Å². The fraction of sp³-hybridized carbons (Fsp3) is 0.704. The van der Waals surface area contributed by atoms with Crippen LogP contribution in [-0.2, 0) is 22.4 Å². The van der Waals surface area contributed by atoms with E-state index in [4.69, 9.17) is 0 Å². The van der Waals surface area contributed by atoms with Crippen LogP contribution in [0, 0.1) is 24.7 Å². The molecule has 0 atom stereocenters. The standard InChI is InChI=1S/C27H40O4/c1-20-18-21(2)23(11-7-5-9-13-27(16-17-27)25(30)31)22(19-20)10-6-3-4-8-12-26(14-15-26)24(28)29/h18-19H,3-17H2,1-2H3,(H,28,29)(H,30,31). The zero-order chi connectivity index (χ0) is 22.5. The first-order valence-corrected chi connectivity index (χ1v) is 12.3. The Bertz CT molecular complexity index is 787. The summed E-state index contributed by atoms with van der Waals surface area (Å²) in [5.74, 6) is -1.19. The third-order valence-electron chi connectivity index (χ3n) is 7.76. The molecule has 0 spiro atoms. The van der Waals surface area contributed by atoms with Gasteiger partial charge in [0, 0.05) is 0 Å². The van der Waals surface area contributed by atoms with Crippen LogP contribution < -0.4 is 0 Å². The van der Waals surface area contributed by atoms with Crippen molar-refractivity contribution in [1.82, 2.24) is 0 Å². The summed E-state index contributed by atoms with van der Waals surface area (Å²) in [5.41, 5.74) is 4.93. The Morgan fingerprint density at radius 3 is 1.74 bits per heavy atom. The van der Waals surface area contributed by atoms with Crippen molar-refractivity contribution in [2.45, 2.75) is 110 Å². The van der Waals surface area contributed by atoms with Gasteiger partial charge in [0.05, 0.1) is 10.8 Å². The lowest BCUT2D eigenvalue weighted by molar-refractivity contribution is -0.144. The first kappa shape index (κ1) is 23.8. The Hall–Kier alpha value is -1.84. The molecule has 172 valence electrons. The Kier molecular flexibility index (Phi) is 7.82. The lowest BCUT2D eigenvalue weighted by atomic mass is 9.90. The molecule has 0 heterocycles. The molecule has 0 bridgehead atoms. The second-order valence-corrected chi connectivity index (χ2v) is 10.4. The number of hydrogen-bond donors (Lipinski definition) is 2. The molecule has 1 aromatic rings. The van der Waals surface area contributed by atoms with E-state index in [1.807, 2.05) is 0 Å². The van der Waals surface area contributed by atoms with Crippen LogP contribution in [0.1, 0.15) is 106 Å². The minimum Gasteiger partial charge on any atom is -0.481 e. The van der Waals surface area contributed by atoms with Gasteiger partial charge in [-0.05, 0) is 94.7 Å². The Morgan fingerprint density at radius 1 is 0.742 bits per heavy atom. The van der Waals surface area contributed by atoms with Crippen LogP contribution in [0.15, 0.2) is 12.1 Å². The molecule has 0 unspecified atom stereocenters. The fourth-order valence-electron chi connectivity index (χ4n) is 5.18. The van der Waals surface area contributed by atoms with Gasteiger partial charge < -0.3 is 10.2 Å². The van der Waals surface area contributed by atoms with Gasteiger partial charge in [-0.3, -0.25) is 9.59 Å². The molecule has 2 aliphatic rings. The molecule has 0 aromatic heterocycles. The van der Waals surface area contributed by atoms with Crippen molar-refractivity contribution in [2.75, 3.05) is 0 Å². The van der Waals surface area contributed by atoms with Crippen LogP contribution in [0.3, 0.4) is 0 Å². The maximum absolute atomic E-state index is 11.3. The summed E-state index contributed by atoms with van der Waals surface area (Å²) >= 11 is 0. The topological polar surface area (TPSA) is 74.6 Å². The second-order valence-electron chi connectivity index (χ2n) is 10.4. The van der Waals surface area contributed by atoms with Gasteiger partial charge in [0.15, 0.2) is 0 Å². The SMILES string of the molecule is Cc1cc(C)c(CCCCCC2(C(=O)O)CC2)c(CCCCCCC2(C(=O)O)CC2)c1. The van der Waals surface area contributed by atoms with Gasteiger partial charge in [-0.1, -0.05) is 49.8 Å². The normalized spacial score (nSPS) is 18.0. The summed E-state index contributed by atoms with van der Waals surface area (Å²) < 4.78 is 0. The molecule has 4 nitrogen and oxygen atoms in total. The average molecular weight is 429 g/mol. The number of carbonyl (C=O) groups is 2. The number of benzene rings is 1. The molecular formula is C27H40O4. The van der Waals surface area contributed by atoms with Crippen LogP contribution in [0.5, 0.6) is 0 Å². The first-order valence-electron chi connectivity index (χ1n) is 12.3.